The first-order chi connectivity index (χ1) is 3.34. The van der Waals surface area contributed by atoms with Gasteiger partial charge in [0.2, 0.25) is 0 Å². The molecule has 1 saturated heterocycles. The molecule has 0 amide bonds. The van der Waals surface area contributed by atoms with Gasteiger partial charge in [-0.2, -0.15) is 0 Å². The summed E-state index contributed by atoms with van der Waals surface area (Å²) in [4.78, 5) is 0. The predicted molar refractivity (Wildman–Crippen MR) is 22.6 cm³/mol. The minimum atomic E-state index is -0.591. The summed E-state index contributed by atoms with van der Waals surface area (Å²) in [6.07, 6.45) is -0.113. The van der Waals surface area contributed by atoms with Crippen LogP contribution in [0.3, 0.4) is 0 Å². The van der Waals surface area contributed by atoms with Crippen LogP contribution in [0.5, 0.6) is 0 Å². The van der Waals surface area contributed by atoms with E-state index in [0.717, 1.165) is 0 Å². The van der Waals surface area contributed by atoms with Crippen LogP contribution in [0.15, 0.2) is 0 Å². The molecule has 3 nitrogen and oxygen atoms in total. The molecule has 1 fully saturated rings. The molecule has 2 unspecified atom stereocenters. The molecule has 0 spiro atoms. The second kappa shape index (κ2) is 1.78. The fourth-order valence-electron chi connectivity index (χ4n) is 0.472. The molecular formula is C4H8O3. The SMILES string of the molecule is OCCC1OC1O. The second-order valence-electron chi connectivity index (χ2n) is 1.58. The predicted octanol–water partition coefficient (Wildman–Crippen LogP) is -0.914. The molecule has 0 saturated carbocycles. The molecule has 42 valence electrons. The Morgan fingerprint density at radius 2 is 2.14 bits per heavy atom. The van der Waals surface area contributed by atoms with Gasteiger partial charge in [0.1, 0.15) is 6.10 Å². The van der Waals surface area contributed by atoms with Crippen LogP contribution in [0, 0.1) is 0 Å². The third-order valence-corrected chi connectivity index (χ3v) is 0.969. The average molecular weight is 104 g/mol. The van der Waals surface area contributed by atoms with Gasteiger partial charge in [-0.3, -0.25) is 0 Å². The molecule has 0 bridgehead atoms. The first-order valence-corrected chi connectivity index (χ1v) is 2.29. The van der Waals surface area contributed by atoms with Crippen molar-refractivity contribution in [2.75, 3.05) is 6.61 Å². The van der Waals surface area contributed by atoms with Crippen LogP contribution < -0.4 is 0 Å². The summed E-state index contributed by atoms with van der Waals surface area (Å²) in [5.41, 5.74) is 0. The summed E-state index contributed by atoms with van der Waals surface area (Å²) in [6.45, 7) is 0.0989. The van der Waals surface area contributed by atoms with E-state index in [9.17, 15) is 0 Å². The topological polar surface area (TPSA) is 53.0 Å². The molecule has 0 aromatic rings. The molecule has 1 rings (SSSR count). The monoisotopic (exact) mass is 104 g/mol. The van der Waals surface area contributed by atoms with E-state index in [-0.39, 0.29) is 12.7 Å². The van der Waals surface area contributed by atoms with Gasteiger partial charge in [0, 0.05) is 13.0 Å². The van der Waals surface area contributed by atoms with E-state index in [0.29, 0.717) is 6.42 Å². The zero-order valence-corrected chi connectivity index (χ0v) is 3.87. The Balaban J connectivity index is 1.98. The van der Waals surface area contributed by atoms with Crippen molar-refractivity contribution in [1.82, 2.24) is 0 Å². The highest BCUT2D eigenvalue weighted by molar-refractivity contribution is 4.73. The van der Waals surface area contributed by atoms with Gasteiger partial charge in [-0.15, -0.1) is 0 Å². The minimum absolute atomic E-state index is 0.0787. The Morgan fingerprint density at radius 1 is 1.57 bits per heavy atom. The van der Waals surface area contributed by atoms with Crippen LogP contribution in [0.25, 0.3) is 0 Å². The third-order valence-electron chi connectivity index (χ3n) is 0.969. The van der Waals surface area contributed by atoms with E-state index in [1.807, 2.05) is 0 Å². The van der Waals surface area contributed by atoms with Crippen molar-refractivity contribution < 1.29 is 14.9 Å². The molecule has 2 N–H and O–H groups in total. The Morgan fingerprint density at radius 3 is 2.29 bits per heavy atom. The number of rotatable bonds is 2. The van der Waals surface area contributed by atoms with Crippen molar-refractivity contribution >= 4 is 0 Å². The highest BCUT2D eigenvalue weighted by Crippen LogP contribution is 2.20. The lowest BCUT2D eigenvalue weighted by atomic mass is 10.3. The van der Waals surface area contributed by atoms with E-state index >= 15 is 0 Å². The van der Waals surface area contributed by atoms with Crippen LogP contribution in [-0.4, -0.2) is 29.2 Å². The third kappa shape index (κ3) is 1.12. The molecule has 0 aromatic heterocycles. The van der Waals surface area contributed by atoms with E-state index in [4.69, 9.17) is 10.2 Å². The maximum absolute atomic E-state index is 8.42. The molecule has 7 heavy (non-hydrogen) atoms. The fourth-order valence-corrected chi connectivity index (χ4v) is 0.472. The summed E-state index contributed by atoms with van der Waals surface area (Å²) >= 11 is 0. The Hall–Kier alpha value is -0.120. The van der Waals surface area contributed by atoms with Gasteiger partial charge in [0.25, 0.3) is 0 Å². The first-order valence-electron chi connectivity index (χ1n) is 2.29. The highest BCUT2D eigenvalue weighted by Gasteiger charge is 2.35. The molecule has 0 radical (unpaired) electrons. The molecule has 0 aromatic carbocycles. The minimum Gasteiger partial charge on any atom is -0.396 e. The summed E-state index contributed by atoms with van der Waals surface area (Å²) < 4.78 is 4.55. The van der Waals surface area contributed by atoms with Gasteiger partial charge in [-0.05, 0) is 0 Å². The standard InChI is InChI=1S/C4H8O3/c5-2-1-3-4(6)7-3/h3-6H,1-2H2. The Bertz CT molecular complexity index is 64.0. The van der Waals surface area contributed by atoms with Crippen molar-refractivity contribution in [1.29, 1.82) is 0 Å². The molecule has 0 aliphatic carbocycles. The number of hydrogen-bond donors (Lipinski definition) is 2. The number of aliphatic hydroxyl groups is 2. The van der Waals surface area contributed by atoms with Gasteiger partial charge in [0.05, 0.1) is 0 Å². The smallest absolute Gasteiger partial charge is 0.181 e. The van der Waals surface area contributed by atoms with Gasteiger partial charge >= 0.3 is 0 Å². The lowest BCUT2D eigenvalue weighted by Gasteiger charge is -1.81. The van der Waals surface area contributed by atoms with Crippen molar-refractivity contribution in [2.24, 2.45) is 0 Å². The van der Waals surface area contributed by atoms with Crippen molar-refractivity contribution in [2.45, 2.75) is 18.8 Å². The fraction of sp³-hybridized carbons (Fsp3) is 1.00. The zero-order chi connectivity index (χ0) is 5.28. The van der Waals surface area contributed by atoms with E-state index in [1.54, 1.807) is 0 Å². The number of aliphatic hydroxyl groups excluding tert-OH is 2. The van der Waals surface area contributed by atoms with Gasteiger partial charge in [0.15, 0.2) is 6.29 Å². The van der Waals surface area contributed by atoms with Crippen LogP contribution in [0.2, 0.25) is 0 Å². The van der Waals surface area contributed by atoms with Crippen molar-refractivity contribution in [3.63, 3.8) is 0 Å². The van der Waals surface area contributed by atoms with E-state index in [1.165, 1.54) is 0 Å². The van der Waals surface area contributed by atoms with Crippen molar-refractivity contribution in [3.05, 3.63) is 0 Å². The lowest BCUT2D eigenvalue weighted by Crippen LogP contribution is -1.94. The lowest BCUT2D eigenvalue weighted by molar-refractivity contribution is 0.155. The zero-order valence-electron chi connectivity index (χ0n) is 3.87. The van der Waals surface area contributed by atoms with E-state index < -0.39 is 6.29 Å². The summed E-state index contributed by atoms with van der Waals surface area (Å²) in [5.74, 6) is 0. The van der Waals surface area contributed by atoms with E-state index in [2.05, 4.69) is 4.74 Å². The Labute approximate surface area is 41.5 Å². The summed E-state index contributed by atoms with van der Waals surface area (Å²) in [5, 5.41) is 16.6. The maximum atomic E-state index is 8.42. The quantitative estimate of drug-likeness (QED) is 0.446. The summed E-state index contributed by atoms with van der Waals surface area (Å²) in [6, 6.07) is 0. The molecule has 1 aliphatic rings. The second-order valence-corrected chi connectivity index (χ2v) is 1.58. The molecule has 3 heteroatoms. The Kier molecular flexibility index (Phi) is 1.27. The maximum Gasteiger partial charge on any atom is 0.181 e. The van der Waals surface area contributed by atoms with Crippen LogP contribution in [0.4, 0.5) is 0 Å². The number of hydrogen-bond acceptors (Lipinski definition) is 3. The molecule has 1 aliphatic heterocycles. The number of epoxide rings is 1. The molecule has 2 atom stereocenters. The molecule has 1 heterocycles. The normalized spacial score (nSPS) is 38.6. The van der Waals surface area contributed by atoms with Gasteiger partial charge < -0.3 is 14.9 Å². The van der Waals surface area contributed by atoms with Crippen LogP contribution >= 0.6 is 0 Å². The largest absolute Gasteiger partial charge is 0.396 e. The average Bonchev–Trinajstić information content (AvgIpc) is 2.22. The van der Waals surface area contributed by atoms with Gasteiger partial charge in [-0.1, -0.05) is 0 Å². The van der Waals surface area contributed by atoms with Crippen LogP contribution in [-0.2, 0) is 4.74 Å². The van der Waals surface area contributed by atoms with Gasteiger partial charge in [-0.25, -0.2) is 0 Å². The summed E-state index contributed by atoms with van der Waals surface area (Å²) in [7, 11) is 0. The highest BCUT2D eigenvalue weighted by atomic mass is 16.7. The van der Waals surface area contributed by atoms with Crippen LogP contribution in [0.1, 0.15) is 6.42 Å². The first kappa shape index (κ1) is 5.03. The number of ether oxygens (including phenoxy) is 1. The van der Waals surface area contributed by atoms with Crippen molar-refractivity contribution in [3.8, 4) is 0 Å². The molecular weight excluding hydrogens is 96.0 g/mol.